The Morgan fingerprint density at radius 1 is 0.674 bits per heavy atom. The topological polar surface area (TPSA) is 70.5 Å². The number of benzene rings is 4. The molecule has 8 aromatic rings. The number of fused-ring (bicyclic) bond motifs is 7. The van der Waals surface area contributed by atoms with E-state index in [1.54, 1.807) is 0 Å². The molecule has 0 fully saturated rings. The van der Waals surface area contributed by atoms with Gasteiger partial charge in [-0.1, -0.05) is 67.6 Å². The van der Waals surface area contributed by atoms with E-state index in [0.717, 1.165) is 40.9 Å². The molecule has 0 radical (unpaired) electrons. The van der Waals surface area contributed by atoms with E-state index in [9.17, 15) is 4.79 Å². The van der Waals surface area contributed by atoms with E-state index in [4.69, 9.17) is 15.0 Å². The maximum Gasteiger partial charge on any atom is 0.265 e. The highest BCUT2D eigenvalue weighted by molar-refractivity contribution is 6.10. The van der Waals surface area contributed by atoms with E-state index in [1.165, 1.54) is 22.0 Å². The molecule has 0 bridgehead atoms. The summed E-state index contributed by atoms with van der Waals surface area (Å²) >= 11 is 0. The zero-order valence-corrected chi connectivity index (χ0v) is 24.2. The van der Waals surface area contributed by atoms with Gasteiger partial charge in [-0.15, -0.1) is 0 Å². The van der Waals surface area contributed by atoms with Crippen molar-refractivity contribution in [2.75, 3.05) is 0 Å². The largest absolute Gasteiger partial charge is 0.341 e. The van der Waals surface area contributed by atoms with E-state index in [-0.39, 0.29) is 5.56 Å². The van der Waals surface area contributed by atoms with E-state index in [1.807, 2.05) is 51.6 Å². The van der Waals surface area contributed by atoms with Crippen LogP contribution in [0.3, 0.4) is 0 Å². The summed E-state index contributed by atoms with van der Waals surface area (Å²) in [5, 5.41) is 2.86. The van der Waals surface area contributed by atoms with Gasteiger partial charge in [0.1, 0.15) is 16.7 Å². The SMILES string of the molecule is CCc1nc2c(c(=O)n1CCc1ccccc1)c1nc3ccccc3nc1n2-c1ccc2c(c1)c1ccccc1n2CC. The van der Waals surface area contributed by atoms with E-state index >= 15 is 0 Å². The number of nitrogens with zero attached hydrogens (tertiary/aromatic N) is 6. The summed E-state index contributed by atoms with van der Waals surface area (Å²) in [6.07, 6.45) is 1.37. The average Bonchev–Trinajstić information content (AvgIpc) is 3.54. The highest BCUT2D eigenvalue weighted by atomic mass is 16.1. The van der Waals surface area contributed by atoms with Crippen molar-refractivity contribution in [2.45, 2.75) is 39.8 Å². The van der Waals surface area contributed by atoms with E-state index in [0.29, 0.717) is 35.2 Å². The number of aryl methyl sites for hydroxylation is 3. The van der Waals surface area contributed by atoms with Gasteiger partial charge in [0.15, 0.2) is 11.3 Å². The molecular formula is C36H30N6O. The molecule has 0 aliphatic rings. The number of rotatable bonds is 6. The quantitative estimate of drug-likeness (QED) is 0.215. The lowest BCUT2D eigenvalue weighted by Gasteiger charge is -2.13. The zero-order valence-electron chi connectivity index (χ0n) is 24.2. The van der Waals surface area contributed by atoms with Gasteiger partial charge in [-0.05, 0) is 55.3 Å². The highest BCUT2D eigenvalue weighted by Crippen LogP contribution is 2.34. The van der Waals surface area contributed by atoms with Crippen molar-refractivity contribution in [3.05, 3.63) is 119 Å². The molecule has 8 rings (SSSR count). The van der Waals surface area contributed by atoms with Crippen molar-refractivity contribution in [1.29, 1.82) is 0 Å². The fraction of sp³-hybridized carbons (Fsp3) is 0.167. The van der Waals surface area contributed by atoms with Gasteiger partial charge in [-0.3, -0.25) is 13.9 Å². The fourth-order valence-electron chi connectivity index (χ4n) is 6.52. The second-order valence-electron chi connectivity index (χ2n) is 11.0. The summed E-state index contributed by atoms with van der Waals surface area (Å²) in [4.78, 5) is 29.7. The minimum atomic E-state index is -0.0743. The first-order valence-corrected chi connectivity index (χ1v) is 14.9. The number of hydrogen-bond donors (Lipinski definition) is 0. The van der Waals surface area contributed by atoms with Gasteiger partial charge in [0.25, 0.3) is 5.56 Å². The van der Waals surface area contributed by atoms with Crippen molar-refractivity contribution in [3.8, 4) is 5.69 Å². The molecule has 4 aromatic carbocycles. The van der Waals surface area contributed by atoms with E-state index < -0.39 is 0 Å². The van der Waals surface area contributed by atoms with Crippen LogP contribution in [0.15, 0.2) is 102 Å². The number of aromatic nitrogens is 6. The second-order valence-corrected chi connectivity index (χ2v) is 11.0. The Kier molecular flexibility index (Phi) is 5.86. The zero-order chi connectivity index (χ0) is 29.1. The minimum absolute atomic E-state index is 0.0743. The van der Waals surface area contributed by atoms with Gasteiger partial charge in [0.2, 0.25) is 0 Å². The molecule has 0 N–H and O–H groups in total. The Bertz CT molecular complexity index is 2400. The lowest BCUT2D eigenvalue weighted by molar-refractivity contribution is 0.620. The van der Waals surface area contributed by atoms with E-state index in [2.05, 4.69) is 73.0 Å². The predicted octanol–water partition coefficient (Wildman–Crippen LogP) is 7.22. The first-order chi connectivity index (χ1) is 21.2. The smallest absolute Gasteiger partial charge is 0.265 e. The third kappa shape index (κ3) is 3.88. The molecule has 7 nitrogen and oxygen atoms in total. The predicted molar refractivity (Wildman–Crippen MR) is 174 cm³/mol. The molecule has 7 heteroatoms. The van der Waals surface area contributed by atoms with Gasteiger partial charge in [-0.2, -0.15) is 0 Å². The van der Waals surface area contributed by atoms with Gasteiger partial charge in [0, 0.05) is 47.0 Å². The van der Waals surface area contributed by atoms with Crippen molar-refractivity contribution < 1.29 is 0 Å². The molecule has 0 spiro atoms. The minimum Gasteiger partial charge on any atom is -0.341 e. The first-order valence-electron chi connectivity index (χ1n) is 14.9. The molecule has 0 saturated carbocycles. The normalized spacial score (nSPS) is 12.0. The van der Waals surface area contributed by atoms with Gasteiger partial charge in [-0.25, -0.2) is 15.0 Å². The number of hydrogen-bond acceptors (Lipinski definition) is 4. The van der Waals surface area contributed by atoms with Crippen LogP contribution >= 0.6 is 0 Å². The van der Waals surface area contributed by atoms with Crippen LogP contribution in [-0.4, -0.2) is 28.7 Å². The summed E-state index contributed by atoms with van der Waals surface area (Å²) in [7, 11) is 0. The van der Waals surface area contributed by atoms with Crippen LogP contribution in [0.1, 0.15) is 25.2 Å². The highest BCUT2D eigenvalue weighted by Gasteiger charge is 2.23. The van der Waals surface area contributed by atoms with Gasteiger partial charge < -0.3 is 4.57 Å². The molecule has 0 saturated heterocycles. The van der Waals surface area contributed by atoms with Crippen LogP contribution in [0.2, 0.25) is 0 Å². The van der Waals surface area contributed by atoms with Crippen molar-refractivity contribution in [1.82, 2.24) is 28.7 Å². The van der Waals surface area contributed by atoms with Crippen LogP contribution in [0, 0.1) is 0 Å². The lowest BCUT2D eigenvalue weighted by atomic mass is 10.1. The summed E-state index contributed by atoms with van der Waals surface area (Å²) in [5.41, 5.74) is 7.76. The second kappa shape index (κ2) is 9.91. The Morgan fingerprint density at radius 3 is 2.19 bits per heavy atom. The summed E-state index contributed by atoms with van der Waals surface area (Å²) in [6.45, 7) is 5.65. The summed E-state index contributed by atoms with van der Waals surface area (Å²) < 4.78 is 6.20. The molecule has 0 amide bonds. The lowest BCUT2D eigenvalue weighted by Crippen LogP contribution is -2.26. The molecule has 0 aliphatic carbocycles. The molecule has 4 aromatic heterocycles. The molecule has 4 heterocycles. The van der Waals surface area contributed by atoms with Crippen LogP contribution in [-0.2, 0) is 25.9 Å². The third-order valence-electron chi connectivity index (χ3n) is 8.56. The van der Waals surface area contributed by atoms with Crippen LogP contribution in [0.25, 0.3) is 60.7 Å². The molecule has 43 heavy (non-hydrogen) atoms. The Morgan fingerprint density at radius 2 is 1.40 bits per heavy atom. The summed E-state index contributed by atoms with van der Waals surface area (Å²) in [5.74, 6) is 0.755. The Labute approximate surface area is 247 Å². The number of para-hydroxylation sites is 3. The van der Waals surface area contributed by atoms with Crippen molar-refractivity contribution in [2.24, 2.45) is 0 Å². The van der Waals surface area contributed by atoms with Crippen molar-refractivity contribution in [3.63, 3.8) is 0 Å². The molecule has 0 aliphatic heterocycles. The molecule has 210 valence electrons. The van der Waals surface area contributed by atoms with Crippen LogP contribution in [0.4, 0.5) is 0 Å². The fourth-order valence-corrected chi connectivity index (χ4v) is 6.52. The van der Waals surface area contributed by atoms with Gasteiger partial charge in [0.05, 0.1) is 11.0 Å². The monoisotopic (exact) mass is 562 g/mol. The molecule has 0 unspecified atom stereocenters. The Balaban J connectivity index is 1.44. The maximum atomic E-state index is 14.4. The Hall–Kier alpha value is -5.30. The van der Waals surface area contributed by atoms with Gasteiger partial charge >= 0.3 is 0 Å². The van der Waals surface area contributed by atoms with Crippen LogP contribution < -0.4 is 5.56 Å². The average molecular weight is 563 g/mol. The summed E-state index contributed by atoms with van der Waals surface area (Å²) in [6, 6.07) is 33.1. The first kappa shape index (κ1) is 25.4. The van der Waals surface area contributed by atoms with Crippen LogP contribution in [0.5, 0.6) is 0 Å². The molecule has 0 atom stereocenters. The molecular weight excluding hydrogens is 532 g/mol. The standard InChI is InChI=1S/C36H30N6O/c1-3-31-39-34-32(36(43)41(31)21-20-23-12-6-5-7-13-23)33-35(38-28-16-10-9-15-27(28)37-33)42(34)24-18-19-30-26(22-24)25-14-8-11-17-29(25)40(30)4-2/h5-19,22H,3-4,20-21H2,1-2H3. The third-order valence-corrected chi connectivity index (χ3v) is 8.56. The van der Waals surface area contributed by atoms with Crippen molar-refractivity contribution >= 4 is 55.0 Å². The maximum absolute atomic E-state index is 14.4.